The van der Waals surface area contributed by atoms with Gasteiger partial charge >= 0.3 is 5.91 Å². The van der Waals surface area contributed by atoms with Crippen molar-refractivity contribution in [3.05, 3.63) is 110 Å². The summed E-state index contributed by atoms with van der Waals surface area (Å²) in [6, 6.07) is 17.1. The molecule has 11 heteroatoms. The summed E-state index contributed by atoms with van der Waals surface area (Å²) < 4.78 is 14.5. The maximum Gasteiger partial charge on any atom is 0.301 e. The number of halogens is 3. The van der Waals surface area contributed by atoms with Gasteiger partial charge in [0.15, 0.2) is 4.34 Å². The minimum absolute atomic E-state index is 0.104. The van der Waals surface area contributed by atoms with Gasteiger partial charge in [0.1, 0.15) is 11.6 Å². The zero-order valence-electron chi connectivity index (χ0n) is 19.7. The van der Waals surface area contributed by atoms with E-state index in [1.807, 2.05) is 6.92 Å². The number of ketones is 1. The second-order valence-electron chi connectivity index (χ2n) is 8.44. The highest BCUT2D eigenvalue weighted by molar-refractivity contribution is 8.00. The van der Waals surface area contributed by atoms with Crippen molar-refractivity contribution in [1.29, 1.82) is 0 Å². The number of aryl methyl sites for hydroxylation is 1. The van der Waals surface area contributed by atoms with Gasteiger partial charge in [0.25, 0.3) is 5.78 Å². The van der Waals surface area contributed by atoms with E-state index in [9.17, 15) is 19.1 Å². The molecule has 38 heavy (non-hydrogen) atoms. The highest BCUT2D eigenvalue weighted by Crippen LogP contribution is 2.45. The molecule has 4 aromatic rings. The summed E-state index contributed by atoms with van der Waals surface area (Å²) in [6.45, 7) is 1.90. The molecule has 1 saturated heterocycles. The summed E-state index contributed by atoms with van der Waals surface area (Å²) in [7, 11) is 0. The molecule has 1 aliphatic heterocycles. The molecule has 1 aliphatic rings. The molecule has 6 nitrogen and oxygen atoms in total. The fraction of sp³-hybridized carbons (Fsp3) is 0.111. The van der Waals surface area contributed by atoms with Crippen LogP contribution in [-0.2, 0) is 15.3 Å². The molecular formula is C27H18Cl2FN3O3S2. The molecule has 1 N–H and O–H groups in total. The lowest BCUT2D eigenvalue weighted by Gasteiger charge is -2.22. The number of aromatic nitrogens is 2. The van der Waals surface area contributed by atoms with Crippen molar-refractivity contribution in [2.24, 2.45) is 0 Å². The molecule has 0 radical (unpaired) electrons. The Morgan fingerprint density at radius 3 is 2.50 bits per heavy atom. The quantitative estimate of drug-likeness (QED) is 0.0845. The smallest absolute Gasteiger partial charge is 0.301 e. The number of rotatable bonds is 6. The normalized spacial score (nSPS) is 16.8. The SMILES string of the molecule is Cc1ccc(/C(O)=C2/C(=O)C(=O)N(c3nnc(SCc4ccccc4F)s3)C2c2ccc(Cl)c(Cl)c2)cc1. The molecule has 1 fully saturated rings. The van der Waals surface area contributed by atoms with Crippen molar-refractivity contribution in [1.82, 2.24) is 10.2 Å². The number of thioether (sulfide) groups is 1. The number of benzene rings is 3. The molecule has 3 aromatic carbocycles. The van der Waals surface area contributed by atoms with Crippen LogP contribution in [0, 0.1) is 12.7 Å². The molecule has 0 aliphatic carbocycles. The first-order chi connectivity index (χ1) is 18.2. The Bertz CT molecular complexity index is 1590. The highest BCUT2D eigenvalue weighted by atomic mass is 35.5. The van der Waals surface area contributed by atoms with Crippen molar-refractivity contribution in [3.8, 4) is 0 Å². The van der Waals surface area contributed by atoms with Crippen molar-refractivity contribution < 1.29 is 19.1 Å². The van der Waals surface area contributed by atoms with E-state index >= 15 is 0 Å². The van der Waals surface area contributed by atoms with Crippen molar-refractivity contribution in [3.63, 3.8) is 0 Å². The largest absolute Gasteiger partial charge is 0.507 e. The number of nitrogens with zero attached hydrogens (tertiary/aromatic N) is 3. The summed E-state index contributed by atoms with van der Waals surface area (Å²) in [5.74, 6) is -2.07. The van der Waals surface area contributed by atoms with E-state index in [2.05, 4.69) is 10.2 Å². The van der Waals surface area contributed by atoms with Crippen LogP contribution in [0.25, 0.3) is 5.76 Å². The Kier molecular flexibility index (Phi) is 7.54. The van der Waals surface area contributed by atoms with E-state index in [0.717, 1.165) is 16.9 Å². The van der Waals surface area contributed by atoms with Crippen molar-refractivity contribution in [2.45, 2.75) is 23.1 Å². The topological polar surface area (TPSA) is 83.4 Å². The fourth-order valence-electron chi connectivity index (χ4n) is 4.01. The van der Waals surface area contributed by atoms with Gasteiger partial charge in [-0.15, -0.1) is 10.2 Å². The van der Waals surface area contributed by atoms with E-state index in [-0.39, 0.29) is 27.3 Å². The zero-order valence-corrected chi connectivity index (χ0v) is 22.8. The molecule has 1 unspecified atom stereocenters. The van der Waals surface area contributed by atoms with E-state index < -0.39 is 17.7 Å². The lowest BCUT2D eigenvalue weighted by molar-refractivity contribution is -0.132. The van der Waals surface area contributed by atoms with Gasteiger partial charge in [-0.25, -0.2) is 4.39 Å². The van der Waals surface area contributed by atoms with Crippen LogP contribution in [0.1, 0.15) is 28.3 Å². The van der Waals surface area contributed by atoms with Gasteiger partial charge in [0.2, 0.25) is 5.13 Å². The lowest BCUT2D eigenvalue weighted by atomic mass is 9.95. The molecule has 2 heterocycles. The molecule has 0 spiro atoms. The molecule has 1 aromatic heterocycles. The van der Waals surface area contributed by atoms with Crippen LogP contribution in [0.15, 0.2) is 76.6 Å². The third kappa shape index (κ3) is 5.07. The molecule has 192 valence electrons. The van der Waals surface area contributed by atoms with E-state index in [1.165, 1.54) is 22.7 Å². The highest BCUT2D eigenvalue weighted by Gasteiger charge is 2.48. The number of hydrogen-bond acceptors (Lipinski definition) is 7. The first-order valence-electron chi connectivity index (χ1n) is 11.3. The number of anilines is 1. The molecular weight excluding hydrogens is 568 g/mol. The van der Waals surface area contributed by atoms with Crippen molar-refractivity contribution >= 4 is 68.9 Å². The summed E-state index contributed by atoms with van der Waals surface area (Å²) in [4.78, 5) is 27.8. The fourth-order valence-corrected chi connectivity index (χ4v) is 6.17. The third-order valence-corrected chi connectivity index (χ3v) is 8.78. The predicted octanol–water partition coefficient (Wildman–Crippen LogP) is 7.21. The Labute approximate surface area is 235 Å². The third-order valence-electron chi connectivity index (χ3n) is 5.94. The minimum Gasteiger partial charge on any atom is -0.507 e. The summed E-state index contributed by atoms with van der Waals surface area (Å²) in [5.41, 5.74) is 2.22. The summed E-state index contributed by atoms with van der Waals surface area (Å²) in [5, 5.41) is 20.2. The molecule has 0 bridgehead atoms. The first-order valence-corrected chi connectivity index (χ1v) is 13.8. The lowest BCUT2D eigenvalue weighted by Crippen LogP contribution is -2.29. The Balaban J connectivity index is 1.56. The van der Waals surface area contributed by atoms with E-state index in [1.54, 1.807) is 60.7 Å². The maximum absolute atomic E-state index is 14.0. The van der Waals surface area contributed by atoms with Crippen LogP contribution in [0.3, 0.4) is 0 Å². The monoisotopic (exact) mass is 585 g/mol. The van der Waals surface area contributed by atoms with Gasteiger partial charge in [-0.3, -0.25) is 14.5 Å². The van der Waals surface area contributed by atoms with Gasteiger partial charge < -0.3 is 5.11 Å². The van der Waals surface area contributed by atoms with Crippen LogP contribution in [0.5, 0.6) is 0 Å². The van der Waals surface area contributed by atoms with Gasteiger partial charge in [0, 0.05) is 11.3 Å². The zero-order chi connectivity index (χ0) is 27.0. The minimum atomic E-state index is -1.02. The van der Waals surface area contributed by atoms with E-state index in [4.69, 9.17) is 23.2 Å². The average molecular weight is 586 g/mol. The standard InChI is InChI=1S/C27H18Cl2FN3O3S2/c1-14-6-8-15(9-7-14)23(34)21-22(16-10-11-18(28)19(29)12-16)33(25(36)24(21)35)26-31-32-27(38-26)37-13-17-4-2-3-5-20(17)30/h2-12,22,34H,13H2,1H3/b23-21-. The number of carbonyl (C=O) groups is 2. The average Bonchev–Trinajstić information content (AvgIpc) is 3.47. The molecule has 5 rings (SSSR count). The van der Waals surface area contributed by atoms with Gasteiger partial charge in [-0.05, 0) is 36.2 Å². The Hall–Kier alpha value is -3.24. The second kappa shape index (κ2) is 10.9. The maximum atomic E-state index is 14.0. The van der Waals surface area contributed by atoms with Crippen molar-refractivity contribution in [2.75, 3.05) is 4.90 Å². The molecule has 1 atom stereocenters. The Morgan fingerprint density at radius 1 is 1.05 bits per heavy atom. The number of aliphatic hydroxyl groups is 1. The van der Waals surface area contributed by atoms with Crippen LogP contribution in [0.4, 0.5) is 9.52 Å². The van der Waals surface area contributed by atoms with Gasteiger partial charge in [-0.2, -0.15) is 0 Å². The van der Waals surface area contributed by atoms with Gasteiger partial charge in [-0.1, -0.05) is 100 Å². The number of Topliss-reactive ketones (excluding diaryl/α,β-unsaturated/α-hetero) is 1. The second-order valence-corrected chi connectivity index (χ2v) is 11.4. The summed E-state index contributed by atoms with van der Waals surface area (Å²) in [6.07, 6.45) is 0. The predicted molar refractivity (Wildman–Crippen MR) is 148 cm³/mol. The van der Waals surface area contributed by atoms with Crippen LogP contribution >= 0.6 is 46.3 Å². The molecule has 0 saturated carbocycles. The first kappa shape index (κ1) is 26.4. The summed E-state index contributed by atoms with van der Waals surface area (Å²) >= 11 is 14.7. The van der Waals surface area contributed by atoms with Gasteiger partial charge in [0.05, 0.1) is 21.7 Å². The van der Waals surface area contributed by atoms with Crippen LogP contribution in [0.2, 0.25) is 10.0 Å². The number of amides is 1. The molecule has 1 amide bonds. The number of carbonyl (C=O) groups excluding carboxylic acids is 2. The van der Waals surface area contributed by atoms with Crippen LogP contribution in [-0.4, -0.2) is 27.0 Å². The van der Waals surface area contributed by atoms with Crippen LogP contribution < -0.4 is 4.90 Å². The number of hydrogen-bond donors (Lipinski definition) is 1. The Morgan fingerprint density at radius 2 is 1.79 bits per heavy atom. The number of aliphatic hydroxyl groups excluding tert-OH is 1. The van der Waals surface area contributed by atoms with E-state index in [0.29, 0.717) is 31.8 Å².